The van der Waals surface area contributed by atoms with Crippen LogP contribution in [0.2, 0.25) is 0 Å². The number of hydrazine groups is 1. The average Bonchev–Trinajstić information content (AvgIpc) is 2.94. The van der Waals surface area contributed by atoms with Crippen LogP contribution >= 0.6 is 0 Å². The molecule has 0 unspecified atom stereocenters. The van der Waals surface area contributed by atoms with Gasteiger partial charge in [0.05, 0.1) is 6.10 Å². The maximum atomic E-state index is 13.0. The summed E-state index contributed by atoms with van der Waals surface area (Å²) in [5, 5.41) is 25.7. The summed E-state index contributed by atoms with van der Waals surface area (Å²) in [6.07, 6.45) is 2.63. The van der Waals surface area contributed by atoms with E-state index < -0.39 is 42.0 Å². The zero-order valence-corrected chi connectivity index (χ0v) is 23.4. The van der Waals surface area contributed by atoms with E-state index in [2.05, 4.69) is 21.0 Å². The first kappa shape index (κ1) is 30.7. The minimum absolute atomic E-state index is 0.128. The standard InChI is InChI=1S/C29H39N5O6/c1-17(2)26(27(37)31-18(3)28(38)34-14-6-9-24(33-34)29(39)40)32-25(36)13-12-23-11-10-22(16-30-23)21-8-5-7-20(15-21)19(4)35/h5,7-8,10-11,15-19,24,26,33,35H,6,9,12-14H2,1-4H3,(H,31,37)(H,32,36)(H,39,40)/t18-,19+,24-,26-/m0/s1. The third kappa shape index (κ3) is 8.33. The Labute approximate surface area is 234 Å². The van der Waals surface area contributed by atoms with Crippen molar-refractivity contribution in [2.45, 2.75) is 77.6 Å². The van der Waals surface area contributed by atoms with E-state index in [0.29, 0.717) is 25.8 Å². The smallest absolute Gasteiger partial charge is 0.322 e. The van der Waals surface area contributed by atoms with Gasteiger partial charge in [-0.3, -0.25) is 29.2 Å². The number of carboxylic acids is 1. The maximum absolute atomic E-state index is 13.0. The predicted molar refractivity (Wildman–Crippen MR) is 149 cm³/mol. The second-order valence-electron chi connectivity index (χ2n) is 10.5. The Hall–Kier alpha value is -3.83. The van der Waals surface area contributed by atoms with E-state index in [1.165, 1.54) is 11.9 Å². The number of aryl methyl sites for hydroxylation is 1. The van der Waals surface area contributed by atoms with E-state index in [-0.39, 0.29) is 18.2 Å². The lowest BCUT2D eigenvalue weighted by Crippen LogP contribution is -2.60. The Morgan fingerprint density at radius 3 is 2.45 bits per heavy atom. The summed E-state index contributed by atoms with van der Waals surface area (Å²) in [5.74, 6) is -2.51. The van der Waals surface area contributed by atoms with Gasteiger partial charge in [0.1, 0.15) is 18.1 Å². The molecule has 11 heteroatoms. The molecule has 2 heterocycles. The quantitative estimate of drug-likeness (QED) is 0.282. The first-order valence-corrected chi connectivity index (χ1v) is 13.6. The molecule has 4 atom stereocenters. The molecule has 5 N–H and O–H groups in total. The Morgan fingerprint density at radius 2 is 1.82 bits per heavy atom. The number of carboxylic acid groups (broad SMARTS) is 1. The average molecular weight is 554 g/mol. The van der Waals surface area contributed by atoms with Crippen molar-refractivity contribution in [1.29, 1.82) is 0 Å². The fourth-order valence-electron chi connectivity index (χ4n) is 4.47. The molecule has 40 heavy (non-hydrogen) atoms. The third-order valence-corrected chi connectivity index (χ3v) is 6.88. The monoisotopic (exact) mass is 553 g/mol. The number of pyridine rings is 1. The van der Waals surface area contributed by atoms with Crippen molar-refractivity contribution in [3.8, 4) is 11.1 Å². The van der Waals surface area contributed by atoms with Gasteiger partial charge in [-0.25, -0.2) is 5.43 Å². The second kappa shape index (κ2) is 14.0. The van der Waals surface area contributed by atoms with Crippen LogP contribution in [0.5, 0.6) is 0 Å². The van der Waals surface area contributed by atoms with Crippen LogP contribution < -0.4 is 16.1 Å². The first-order chi connectivity index (χ1) is 19.0. The van der Waals surface area contributed by atoms with Gasteiger partial charge in [0, 0.05) is 30.4 Å². The van der Waals surface area contributed by atoms with E-state index in [1.54, 1.807) is 27.0 Å². The summed E-state index contributed by atoms with van der Waals surface area (Å²) >= 11 is 0. The topological polar surface area (TPSA) is 161 Å². The zero-order valence-electron chi connectivity index (χ0n) is 23.4. The molecular formula is C29H39N5O6. The molecule has 1 aromatic carbocycles. The summed E-state index contributed by atoms with van der Waals surface area (Å²) in [4.78, 5) is 54.2. The van der Waals surface area contributed by atoms with Gasteiger partial charge >= 0.3 is 5.97 Å². The van der Waals surface area contributed by atoms with Crippen molar-refractivity contribution >= 4 is 23.7 Å². The molecule has 1 aromatic heterocycles. The van der Waals surface area contributed by atoms with Crippen molar-refractivity contribution in [1.82, 2.24) is 26.1 Å². The van der Waals surface area contributed by atoms with Crippen molar-refractivity contribution in [3.63, 3.8) is 0 Å². The fourth-order valence-corrected chi connectivity index (χ4v) is 4.47. The molecule has 0 spiro atoms. The number of benzene rings is 1. The Bertz CT molecular complexity index is 1200. The van der Waals surface area contributed by atoms with E-state index in [9.17, 15) is 29.4 Å². The van der Waals surface area contributed by atoms with E-state index in [4.69, 9.17) is 0 Å². The summed E-state index contributed by atoms with van der Waals surface area (Å²) in [7, 11) is 0. The number of aliphatic hydroxyl groups is 1. The molecule has 3 rings (SSSR count). The molecule has 1 aliphatic heterocycles. The molecule has 0 radical (unpaired) electrons. The van der Waals surface area contributed by atoms with Crippen LogP contribution in [0.3, 0.4) is 0 Å². The van der Waals surface area contributed by atoms with Crippen LogP contribution in [0.1, 0.15) is 64.3 Å². The highest BCUT2D eigenvalue weighted by atomic mass is 16.4. The number of amides is 3. The van der Waals surface area contributed by atoms with Gasteiger partial charge in [-0.2, -0.15) is 0 Å². The third-order valence-electron chi connectivity index (χ3n) is 6.88. The number of nitrogens with one attached hydrogen (secondary N) is 3. The van der Waals surface area contributed by atoms with Crippen LogP contribution in [0.15, 0.2) is 42.6 Å². The maximum Gasteiger partial charge on any atom is 0.322 e. The van der Waals surface area contributed by atoms with Gasteiger partial charge in [-0.05, 0) is 62.3 Å². The van der Waals surface area contributed by atoms with E-state index in [1.807, 2.05) is 36.4 Å². The Morgan fingerprint density at radius 1 is 1.07 bits per heavy atom. The molecule has 0 saturated carbocycles. The van der Waals surface area contributed by atoms with Gasteiger partial charge in [-0.1, -0.05) is 38.1 Å². The molecule has 0 bridgehead atoms. The van der Waals surface area contributed by atoms with Gasteiger partial charge in [0.2, 0.25) is 11.8 Å². The zero-order chi connectivity index (χ0) is 29.4. The minimum Gasteiger partial charge on any atom is -0.480 e. The predicted octanol–water partition coefficient (Wildman–Crippen LogP) is 1.96. The number of nitrogens with zero attached hydrogens (tertiary/aromatic N) is 2. The number of hydrogen-bond acceptors (Lipinski definition) is 7. The van der Waals surface area contributed by atoms with Crippen molar-refractivity contribution in [2.24, 2.45) is 5.92 Å². The highest BCUT2D eigenvalue weighted by Gasteiger charge is 2.32. The van der Waals surface area contributed by atoms with Crippen LogP contribution in [0, 0.1) is 5.92 Å². The fraction of sp³-hybridized carbons (Fsp3) is 0.483. The number of aliphatic carboxylic acids is 1. The summed E-state index contributed by atoms with van der Waals surface area (Å²) < 4.78 is 0. The Balaban J connectivity index is 1.52. The van der Waals surface area contributed by atoms with Crippen LogP contribution in [-0.4, -0.2) is 68.6 Å². The second-order valence-corrected chi connectivity index (χ2v) is 10.5. The number of hydrogen-bond donors (Lipinski definition) is 5. The van der Waals surface area contributed by atoms with Crippen LogP contribution in [0.25, 0.3) is 11.1 Å². The lowest BCUT2D eigenvalue weighted by molar-refractivity contribution is -0.148. The van der Waals surface area contributed by atoms with Crippen molar-refractivity contribution < 1.29 is 29.4 Å². The molecule has 11 nitrogen and oxygen atoms in total. The van der Waals surface area contributed by atoms with Gasteiger partial charge in [0.25, 0.3) is 5.91 Å². The van der Waals surface area contributed by atoms with Gasteiger partial charge in [-0.15, -0.1) is 0 Å². The van der Waals surface area contributed by atoms with Gasteiger partial charge < -0.3 is 20.8 Å². The van der Waals surface area contributed by atoms with Crippen molar-refractivity contribution in [3.05, 3.63) is 53.9 Å². The number of carbonyl (C=O) groups excluding carboxylic acids is 3. The summed E-state index contributed by atoms with van der Waals surface area (Å²) in [5.41, 5.74) is 6.07. The molecule has 1 saturated heterocycles. The highest BCUT2D eigenvalue weighted by Crippen LogP contribution is 2.23. The number of rotatable bonds is 11. The SMILES string of the molecule is CC(C)[C@H](NC(=O)CCc1ccc(-c2cccc([C@@H](C)O)c2)cn1)C(=O)N[C@@H](C)C(=O)N1CCC[C@@H](C(=O)O)N1. The van der Waals surface area contributed by atoms with Gasteiger partial charge in [0.15, 0.2) is 0 Å². The summed E-state index contributed by atoms with van der Waals surface area (Å²) in [6, 6.07) is 8.76. The largest absolute Gasteiger partial charge is 0.480 e. The molecule has 1 aliphatic rings. The molecule has 216 valence electrons. The first-order valence-electron chi connectivity index (χ1n) is 13.6. The van der Waals surface area contributed by atoms with Crippen LogP contribution in [0.4, 0.5) is 0 Å². The molecular weight excluding hydrogens is 514 g/mol. The van der Waals surface area contributed by atoms with E-state index >= 15 is 0 Å². The number of carbonyl (C=O) groups is 4. The minimum atomic E-state index is -1.04. The number of aromatic nitrogens is 1. The molecule has 2 aromatic rings. The van der Waals surface area contributed by atoms with Crippen LogP contribution in [-0.2, 0) is 25.6 Å². The molecule has 3 amide bonds. The number of aliphatic hydroxyl groups excluding tert-OH is 1. The lowest BCUT2D eigenvalue weighted by Gasteiger charge is -2.34. The normalized spacial score (nSPS) is 17.6. The Kier molecular flexibility index (Phi) is 10.7. The van der Waals surface area contributed by atoms with E-state index in [0.717, 1.165) is 22.4 Å². The van der Waals surface area contributed by atoms with Crippen molar-refractivity contribution in [2.75, 3.05) is 6.54 Å². The molecule has 0 aliphatic carbocycles. The highest BCUT2D eigenvalue weighted by molar-refractivity contribution is 5.92. The summed E-state index contributed by atoms with van der Waals surface area (Å²) in [6.45, 7) is 7.18. The lowest BCUT2D eigenvalue weighted by atomic mass is 10.0. The molecule has 1 fully saturated rings.